The molecule has 0 saturated carbocycles. The summed E-state index contributed by atoms with van der Waals surface area (Å²) >= 11 is 0. The van der Waals surface area contributed by atoms with Crippen LogP contribution in [0, 0.1) is 6.92 Å². The fourth-order valence-electron chi connectivity index (χ4n) is 3.24. The van der Waals surface area contributed by atoms with Crippen molar-refractivity contribution >= 4 is 15.9 Å². The Morgan fingerprint density at radius 2 is 1.87 bits per heavy atom. The van der Waals surface area contributed by atoms with E-state index in [9.17, 15) is 13.2 Å². The van der Waals surface area contributed by atoms with Gasteiger partial charge in [-0.3, -0.25) is 4.79 Å². The molecule has 0 radical (unpaired) electrons. The minimum absolute atomic E-state index is 0.0718. The molecule has 23 heavy (non-hydrogen) atoms. The van der Waals surface area contributed by atoms with Gasteiger partial charge in [0.25, 0.3) is 0 Å². The molecule has 5 nitrogen and oxygen atoms in total. The van der Waals surface area contributed by atoms with E-state index < -0.39 is 15.8 Å². The van der Waals surface area contributed by atoms with Crippen LogP contribution in [0.3, 0.4) is 0 Å². The first-order chi connectivity index (χ1) is 10.8. The van der Waals surface area contributed by atoms with Crippen molar-refractivity contribution in [2.24, 2.45) is 0 Å². The summed E-state index contributed by atoms with van der Waals surface area (Å²) in [6.07, 6.45) is 1.71. The average molecular weight is 338 g/mol. The molecular weight excluding hydrogens is 312 g/mol. The van der Waals surface area contributed by atoms with Crippen molar-refractivity contribution in [3.05, 3.63) is 35.4 Å². The Labute approximate surface area is 139 Å². The molecule has 1 saturated heterocycles. The summed E-state index contributed by atoms with van der Waals surface area (Å²) in [4.78, 5) is 14.2. The lowest BCUT2D eigenvalue weighted by molar-refractivity contribution is -0.129. The lowest BCUT2D eigenvalue weighted by Crippen LogP contribution is -2.42. The lowest BCUT2D eigenvalue weighted by Gasteiger charge is -2.28. The van der Waals surface area contributed by atoms with Crippen LogP contribution in [-0.2, 0) is 14.8 Å². The van der Waals surface area contributed by atoms with Gasteiger partial charge in [-0.1, -0.05) is 36.8 Å². The molecule has 0 aromatic heterocycles. The second-order valence-corrected chi connectivity index (χ2v) is 8.59. The second-order valence-electron chi connectivity index (χ2n) is 6.41. The zero-order valence-electron chi connectivity index (χ0n) is 14.3. The first kappa shape index (κ1) is 17.9. The van der Waals surface area contributed by atoms with Gasteiger partial charge in [-0.05, 0) is 25.3 Å². The van der Waals surface area contributed by atoms with Gasteiger partial charge in [-0.15, -0.1) is 0 Å². The minimum atomic E-state index is -3.51. The first-order valence-electron chi connectivity index (χ1n) is 8.02. The van der Waals surface area contributed by atoms with Gasteiger partial charge in [-0.2, -0.15) is 0 Å². The van der Waals surface area contributed by atoms with Gasteiger partial charge < -0.3 is 4.90 Å². The molecule has 0 N–H and O–H groups in total. The number of rotatable bonds is 5. The van der Waals surface area contributed by atoms with Gasteiger partial charge in [0.05, 0.1) is 0 Å². The highest BCUT2D eigenvalue weighted by Gasteiger charge is 2.38. The lowest BCUT2D eigenvalue weighted by atomic mass is 9.90. The Balaban J connectivity index is 2.16. The predicted octanol–water partition coefficient (Wildman–Crippen LogP) is 1.98. The molecule has 0 unspecified atom stereocenters. The highest BCUT2D eigenvalue weighted by atomic mass is 32.2. The molecule has 1 aliphatic heterocycles. The van der Waals surface area contributed by atoms with Gasteiger partial charge in [0.1, 0.15) is 5.75 Å². The van der Waals surface area contributed by atoms with E-state index in [0.29, 0.717) is 6.54 Å². The molecule has 0 aliphatic carbocycles. The van der Waals surface area contributed by atoms with Gasteiger partial charge in [0.15, 0.2) is 0 Å². The second kappa shape index (κ2) is 7.01. The predicted molar refractivity (Wildman–Crippen MR) is 91.8 cm³/mol. The summed E-state index contributed by atoms with van der Waals surface area (Å²) in [5.74, 6) is -0.455. The van der Waals surface area contributed by atoms with Crippen LogP contribution in [0.25, 0.3) is 0 Å². The van der Waals surface area contributed by atoms with Crippen LogP contribution in [0.4, 0.5) is 0 Å². The zero-order chi connectivity index (χ0) is 17.2. The Hall–Kier alpha value is -1.40. The van der Waals surface area contributed by atoms with Crippen LogP contribution in [0.5, 0.6) is 0 Å². The van der Waals surface area contributed by atoms with E-state index in [1.54, 1.807) is 4.90 Å². The summed E-state index contributed by atoms with van der Waals surface area (Å²) < 4.78 is 25.0. The molecule has 1 aromatic rings. The number of carbonyl (C=O) groups excluding carboxylic acids is 1. The standard InChI is InChI=1S/C17H26N2O3S/c1-5-16-15(14-8-6-13(2)7-9-14)10-11-19(16)17(20)12-23(21,22)18(3)4/h6-9,15-16H,5,10-12H2,1-4H3/t15-,16-/m0/s1. The fourth-order valence-corrected chi connectivity index (χ4v) is 3.97. The summed E-state index contributed by atoms with van der Waals surface area (Å²) in [5, 5.41) is 0. The molecule has 1 aromatic carbocycles. The highest BCUT2D eigenvalue weighted by Crippen LogP contribution is 2.35. The average Bonchev–Trinajstić information content (AvgIpc) is 2.91. The van der Waals surface area contributed by atoms with Crippen LogP contribution in [0.15, 0.2) is 24.3 Å². The van der Waals surface area contributed by atoms with Crippen molar-refractivity contribution in [2.75, 3.05) is 26.4 Å². The number of amides is 1. The number of sulfonamides is 1. The maximum atomic E-state index is 12.5. The Morgan fingerprint density at radius 1 is 1.26 bits per heavy atom. The zero-order valence-corrected chi connectivity index (χ0v) is 15.1. The Kier molecular flexibility index (Phi) is 5.47. The number of carbonyl (C=O) groups is 1. The van der Waals surface area contributed by atoms with E-state index >= 15 is 0 Å². The molecular formula is C17H26N2O3S. The van der Waals surface area contributed by atoms with Gasteiger partial charge in [-0.25, -0.2) is 12.7 Å². The number of benzene rings is 1. The van der Waals surface area contributed by atoms with Crippen LogP contribution in [0.1, 0.15) is 36.8 Å². The van der Waals surface area contributed by atoms with E-state index in [1.165, 1.54) is 25.2 Å². The number of hydrogen-bond donors (Lipinski definition) is 0. The van der Waals surface area contributed by atoms with Crippen molar-refractivity contribution in [2.45, 2.75) is 38.6 Å². The largest absolute Gasteiger partial charge is 0.338 e. The third-order valence-corrected chi connectivity index (χ3v) is 6.38. The third-order valence-electron chi connectivity index (χ3n) is 4.65. The smallest absolute Gasteiger partial charge is 0.239 e. The molecule has 128 valence electrons. The summed E-state index contributed by atoms with van der Waals surface area (Å²) in [6, 6.07) is 8.48. The van der Waals surface area contributed by atoms with E-state index in [1.807, 2.05) is 0 Å². The monoisotopic (exact) mass is 338 g/mol. The third kappa shape index (κ3) is 3.93. The molecule has 2 atom stereocenters. The topological polar surface area (TPSA) is 57.7 Å². The van der Waals surface area contributed by atoms with Crippen LogP contribution < -0.4 is 0 Å². The number of hydrogen-bond acceptors (Lipinski definition) is 3. The summed E-state index contributed by atoms with van der Waals surface area (Å²) in [6.45, 7) is 4.73. The molecule has 1 fully saturated rings. The van der Waals surface area contributed by atoms with Crippen LogP contribution in [0.2, 0.25) is 0 Å². The van der Waals surface area contributed by atoms with Crippen molar-refractivity contribution in [3.63, 3.8) is 0 Å². The number of aryl methyl sites for hydroxylation is 1. The number of likely N-dealkylation sites (tertiary alicyclic amines) is 1. The van der Waals surface area contributed by atoms with Crippen LogP contribution >= 0.6 is 0 Å². The summed E-state index contributed by atoms with van der Waals surface area (Å²) in [5.41, 5.74) is 2.44. The molecule has 2 rings (SSSR count). The van der Waals surface area contributed by atoms with Crippen LogP contribution in [-0.4, -0.2) is 56.0 Å². The first-order valence-corrected chi connectivity index (χ1v) is 9.63. The van der Waals surface area contributed by atoms with E-state index in [2.05, 4.69) is 38.1 Å². The van der Waals surface area contributed by atoms with Crippen molar-refractivity contribution in [1.82, 2.24) is 9.21 Å². The quantitative estimate of drug-likeness (QED) is 0.825. The Bertz CT molecular complexity index is 653. The van der Waals surface area contributed by atoms with E-state index in [0.717, 1.165) is 17.1 Å². The van der Waals surface area contributed by atoms with E-state index in [4.69, 9.17) is 0 Å². The maximum Gasteiger partial charge on any atom is 0.239 e. The molecule has 0 spiro atoms. The van der Waals surface area contributed by atoms with Crippen molar-refractivity contribution in [3.8, 4) is 0 Å². The Morgan fingerprint density at radius 3 is 2.39 bits per heavy atom. The van der Waals surface area contributed by atoms with Gasteiger partial charge >= 0.3 is 0 Å². The van der Waals surface area contributed by atoms with Crippen molar-refractivity contribution in [1.29, 1.82) is 0 Å². The van der Waals surface area contributed by atoms with Gasteiger partial charge in [0, 0.05) is 32.6 Å². The van der Waals surface area contributed by atoms with E-state index in [-0.39, 0.29) is 17.9 Å². The number of nitrogens with zero attached hydrogens (tertiary/aromatic N) is 2. The fraction of sp³-hybridized carbons (Fsp3) is 0.588. The molecule has 1 aliphatic rings. The molecule has 1 heterocycles. The highest BCUT2D eigenvalue weighted by molar-refractivity contribution is 7.89. The molecule has 0 bridgehead atoms. The van der Waals surface area contributed by atoms with Crippen molar-refractivity contribution < 1.29 is 13.2 Å². The minimum Gasteiger partial charge on any atom is -0.338 e. The normalized spacial score (nSPS) is 21.9. The van der Waals surface area contributed by atoms with Gasteiger partial charge in [0.2, 0.25) is 15.9 Å². The molecule has 6 heteroatoms. The molecule has 1 amide bonds. The SMILES string of the molecule is CC[C@H]1[C@H](c2ccc(C)cc2)CCN1C(=O)CS(=O)(=O)N(C)C. The summed E-state index contributed by atoms with van der Waals surface area (Å²) in [7, 11) is -0.597. The maximum absolute atomic E-state index is 12.5.